The van der Waals surface area contributed by atoms with Crippen molar-refractivity contribution >= 4 is 5.97 Å². The molecule has 69 valence electrons. The zero-order valence-corrected chi connectivity index (χ0v) is 6.69. The molecule has 1 radical (unpaired) electrons. The zero-order chi connectivity index (χ0) is 8.43. The van der Waals surface area contributed by atoms with Gasteiger partial charge in [-0.15, -0.1) is 0 Å². The number of hydrogen-bond donors (Lipinski definition) is 1. The summed E-state index contributed by atoms with van der Waals surface area (Å²) in [6.45, 7) is 0. The quantitative estimate of drug-likeness (QED) is 0.389. The molecule has 0 spiro atoms. The van der Waals surface area contributed by atoms with Crippen LogP contribution in [0.1, 0.15) is 10.6 Å². The maximum Gasteiger partial charge on any atom is 0.382 e. The van der Waals surface area contributed by atoms with E-state index in [0.717, 1.165) is 0 Å². The van der Waals surface area contributed by atoms with Crippen LogP contribution in [0.5, 0.6) is 0 Å². The molecule has 1 aromatic rings. The summed E-state index contributed by atoms with van der Waals surface area (Å²) in [5.41, 5.74) is 0. The second kappa shape index (κ2) is 3.90. The molecule has 0 aliphatic rings. The molecule has 0 fully saturated rings. The van der Waals surface area contributed by atoms with Gasteiger partial charge in [0, 0.05) is 22.4 Å². The fourth-order valence-corrected chi connectivity index (χ4v) is 0.421. The normalized spacial score (nSPS) is 8.67. The molecule has 1 heterocycles. The van der Waals surface area contributed by atoms with Gasteiger partial charge in [0.1, 0.15) is 5.21 Å². The number of aromatic carboxylic acids is 1. The maximum atomic E-state index is 10.1. The monoisotopic (exact) mass is 266 g/mol. The third kappa shape index (κ3) is 1.84. The van der Waals surface area contributed by atoms with Crippen molar-refractivity contribution in [2.75, 3.05) is 0 Å². The van der Waals surface area contributed by atoms with E-state index in [4.69, 9.17) is 5.11 Å². The largest absolute Gasteiger partial charge is 0.475 e. The molecule has 1 rings (SSSR count). The summed E-state index contributed by atoms with van der Waals surface area (Å²) < 4.78 is 0. The third-order valence-electron chi connectivity index (χ3n) is 0.800. The molecule has 0 atom stereocenters. The standard InChI is InChI=1S/C2HN5O4.Ag/c8-2(9)1-3-4-5-6(1)7(10)11;/h(H,8,9);. The summed E-state index contributed by atoms with van der Waals surface area (Å²) in [6.07, 6.45) is 0. The predicted molar refractivity (Wildman–Crippen MR) is 27.2 cm³/mol. The summed E-state index contributed by atoms with van der Waals surface area (Å²) >= 11 is 0. The van der Waals surface area contributed by atoms with Crippen molar-refractivity contribution < 1.29 is 37.3 Å². The van der Waals surface area contributed by atoms with Crippen molar-refractivity contribution in [3.8, 4) is 0 Å². The molecule has 0 amide bonds. The van der Waals surface area contributed by atoms with Crippen molar-refractivity contribution in [3.05, 3.63) is 15.9 Å². The number of rotatable bonds is 2. The molecular formula is C2HAgN5O4. The molecule has 0 saturated carbocycles. The summed E-state index contributed by atoms with van der Waals surface area (Å²) in [4.78, 5) is 20.0. The number of nitro groups is 1. The van der Waals surface area contributed by atoms with E-state index in [1.807, 2.05) is 0 Å². The first-order valence-electron chi connectivity index (χ1n) is 2.29. The van der Waals surface area contributed by atoms with Gasteiger partial charge in [-0.1, -0.05) is 5.10 Å². The number of carboxylic acids is 1. The fourth-order valence-electron chi connectivity index (χ4n) is 0.421. The van der Waals surface area contributed by atoms with Crippen LogP contribution in [0.3, 0.4) is 0 Å². The molecule has 0 aliphatic carbocycles. The van der Waals surface area contributed by atoms with Gasteiger partial charge in [-0.2, -0.15) is 0 Å². The smallest absolute Gasteiger partial charge is 0.382 e. The van der Waals surface area contributed by atoms with Crippen molar-refractivity contribution in [1.29, 1.82) is 0 Å². The van der Waals surface area contributed by atoms with E-state index < -0.39 is 16.8 Å². The number of tetrazole rings is 1. The Kier molecular flexibility index (Phi) is 3.47. The molecule has 0 aromatic carbocycles. The second-order valence-corrected chi connectivity index (χ2v) is 1.43. The molecule has 10 heteroatoms. The van der Waals surface area contributed by atoms with Crippen molar-refractivity contribution in [3.63, 3.8) is 0 Å². The van der Waals surface area contributed by atoms with Crippen LogP contribution in [-0.2, 0) is 22.4 Å². The molecule has 0 unspecified atom stereocenters. The van der Waals surface area contributed by atoms with Crippen LogP contribution in [0.15, 0.2) is 0 Å². The van der Waals surface area contributed by atoms with E-state index in [1.54, 1.807) is 0 Å². The number of nitrogens with zero attached hydrogens (tertiary/aromatic N) is 5. The SMILES string of the molecule is O=C(O)c1nnnn1[N+](=O)[O-].[Ag]. The Balaban J connectivity index is 0.00000121. The van der Waals surface area contributed by atoms with Crippen LogP contribution in [0.4, 0.5) is 0 Å². The average Bonchev–Trinajstić information content (AvgIpc) is 2.32. The minimum atomic E-state index is -1.55. The minimum Gasteiger partial charge on any atom is -0.475 e. The molecule has 9 nitrogen and oxygen atoms in total. The van der Waals surface area contributed by atoms with Crippen LogP contribution in [0, 0.1) is 10.1 Å². The summed E-state index contributed by atoms with van der Waals surface area (Å²) in [7, 11) is 0. The minimum absolute atomic E-state index is 0. The van der Waals surface area contributed by atoms with Gasteiger partial charge in [0.05, 0.1) is 9.82 Å². The van der Waals surface area contributed by atoms with E-state index >= 15 is 0 Å². The Morgan fingerprint density at radius 3 is 2.58 bits per heavy atom. The third-order valence-corrected chi connectivity index (χ3v) is 0.800. The molecule has 0 saturated heterocycles. The van der Waals surface area contributed by atoms with Gasteiger partial charge >= 0.3 is 11.8 Å². The molecule has 0 bridgehead atoms. The Morgan fingerprint density at radius 1 is 1.67 bits per heavy atom. The molecule has 1 N–H and O–H groups in total. The van der Waals surface area contributed by atoms with Gasteiger partial charge in [-0.3, -0.25) is 0 Å². The van der Waals surface area contributed by atoms with E-state index in [1.165, 1.54) is 0 Å². The number of carboxylic acid groups (broad SMARTS) is 1. The Labute approximate surface area is 80.0 Å². The Hall–Kier alpha value is -1.32. The van der Waals surface area contributed by atoms with Crippen molar-refractivity contribution in [2.24, 2.45) is 0 Å². The first-order valence-corrected chi connectivity index (χ1v) is 2.29. The van der Waals surface area contributed by atoms with Crippen LogP contribution in [-0.4, -0.2) is 36.4 Å². The first-order chi connectivity index (χ1) is 5.13. The van der Waals surface area contributed by atoms with E-state index in [0.29, 0.717) is 0 Å². The second-order valence-electron chi connectivity index (χ2n) is 1.43. The number of carbonyl (C=O) groups is 1. The Bertz CT molecular complexity index is 280. The summed E-state index contributed by atoms with van der Waals surface area (Å²) in [6, 6.07) is 0. The van der Waals surface area contributed by atoms with Gasteiger partial charge in [-0.05, 0) is 0 Å². The van der Waals surface area contributed by atoms with Crippen LogP contribution in [0.25, 0.3) is 0 Å². The topological polar surface area (TPSA) is 124 Å². The predicted octanol–water partition coefficient (Wildman–Crippen LogP) is -1.59. The zero-order valence-electron chi connectivity index (χ0n) is 5.21. The van der Waals surface area contributed by atoms with Crippen LogP contribution < -0.4 is 0 Å². The molecule has 1 aromatic heterocycles. The van der Waals surface area contributed by atoms with Crippen molar-refractivity contribution in [2.45, 2.75) is 0 Å². The van der Waals surface area contributed by atoms with E-state index in [9.17, 15) is 14.9 Å². The summed E-state index contributed by atoms with van der Waals surface area (Å²) in [5.74, 6) is -2.37. The summed E-state index contributed by atoms with van der Waals surface area (Å²) in [5, 5.41) is 25.7. The maximum absolute atomic E-state index is 10.1. The van der Waals surface area contributed by atoms with Crippen LogP contribution >= 0.6 is 0 Å². The van der Waals surface area contributed by atoms with Gasteiger partial charge in [0.25, 0.3) is 0 Å². The Morgan fingerprint density at radius 2 is 2.25 bits per heavy atom. The van der Waals surface area contributed by atoms with E-state index in [2.05, 4.69) is 15.5 Å². The average molecular weight is 267 g/mol. The van der Waals surface area contributed by atoms with Gasteiger partial charge < -0.3 is 15.2 Å². The molecule has 0 aliphatic heterocycles. The fraction of sp³-hybridized carbons (Fsp3) is 0. The number of aromatic nitrogens is 4. The number of hydrogen-bond acceptors (Lipinski definition) is 6. The van der Waals surface area contributed by atoms with Gasteiger partial charge in [0.15, 0.2) is 0 Å². The molecular weight excluding hydrogens is 266 g/mol. The first kappa shape index (κ1) is 10.7. The van der Waals surface area contributed by atoms with Crippen molar-refractivity contribution in [1.82, 2.24) is 20.3 Å². The van der Waals surface area contributed by atoms with Gasteiger partial charge in [-0.25, -0.2) is 4.79 Å². The van der Waals surface area contributed by atoms with Crippen LogP contribution in [0.2, 0.25) is 0 Å². The molecule has 12 heavy (non-hydrogen) atoms. The van der Waals surface area contributed by atoms with E-state index in [-0.39, 0.29) is 27.2 Å². The van der Waals surface area contributed by atoms with Gasteiger partial charge in [0.2, 0.25) is 5.21 Å².